The van der Waals surface area contributed by atoms with Gasteiger partial charge in [0.1, 0.15) is 0 Å². The molecule has 12 heavy (non-hydrogen) atoms. The Morgan fingerprint density at radius 1 is 1.58 bits per heavy atom. The normalized spacial score (nSPS) is 13.5. The molecule has 0 saturated heterocycles. The first kappa shape index (κ1) is 11.2. The summed E-state index contributed by atoms with van der Waals surface area (Å²) in [5.74, 6) is -0.238. The maximum absolute atomic E-state index is 10.1. The lowest BCUT2D eigenvalue weighted by molar-refractivity contribution is -0.136. The summed E-state index contributed by atoms with van der Waals surface area (Å²) in [4.78, 5) is 10.1. The maximum atomic E-state index is 10.1. The Balaban J connectivity index is 3.46. The highest BCUT2D eigenvalue weighted by atomic mass is 16.4. The molecule has 1 N–H and O–H groups in total. The molecule has 1 atom stereocenters. The van der Waals surface area contributed by atoms with Gasteiger partial charge in [0.15, 0.2) is 0 Å². The van der Waals surface area contributed by atoms with Crippen molar-refractivity contribution in [2.45, 2.75) is 39.5 Å². The smallest absolute Gasteiger partial charge is 0.307 e. The van der Waals surface area contributed by atoms with E-state index in [9.17, 15) is 4.79 Å². The third-order valence-electron chi connectivity index (χ3n) is 1.77. The average molecular weight is 170 g/mol. The first-order chi connectivity index (χ1) is 5.66. The number of rotatable bonds is 6. The summed E-state index contributed by atoms with van der Waals surface area (Å²) < 4.78 is 0. The van der Waals surface area contributed by atoms with Crippen molar-refractivity contribution in [3.05, 3.63) is 12.2 Å². The van der Waals surface area contributed by atoms with E-state index in [4.69, 9.17) is 5.11 Å². The molecular weight excluding hydrogens is 152 g/mol. The molecule has 0 aromatic heterocycles. The SMILES string of the molecule is CCCC[C@@H](C)C=CCC(=O)O. The van der Waals surface area contributed by atoms with Crippen LogP contribution in [0.5, 0.6) is 0 Å². The highest BCUT2D eigenvalue weighted by Gasteiger charge is 1.96. The zero-order valence-electron chi connectivity index (χ0n) is 7.92. The molecule has 0 rings (SSSR count). The largest absolute Gasteiger partial charge is 0.481 e. The van der Waals surface area contributed by atoms with Gasteiger partial charge in [-0.15, -0.1) is 0 Å². The van der Waals surface area contributed by atoms with Gasteiger partial charge in [0.25, 0.3) is 0 Å². The topological polar surface area (TPSA) is 37.3 Å². The molecule has 2 nitrogen and oxygen atoms in total. The Kier molecular flexibility index (Phi) is 6.44. The van der Waals surface area contributed by atoms with Crippen LogP contribution in [-0.4, -0.2) is 11.1 Å². The van der Waals surface area contributed by atoms with Crippen LogP contribution in [-0.2, 0) is 4.79 Å². The quantitative estimate of drug-likeness (QED) is 0.622. The Labute approximate surface area is 74.3 Å². The Bertz CT molecular complexity index is 150. The van der Waals surface area contributed by atoms with Gasteiger partial charge in [0.2, 0.25) is 0 Å². The van der Waals surface area contributed by atoms with Crippen LogP contribution in [0.4, 0.5) is 0 Å². The van der Waals surface area contributed by atoms with Crippen molar-refractivity contribution in [1.29, 1.82) is 0 Å². The molecule has 0 heterocycles. The number of carboxylic acid groups (broad SMARTS) is 1. The van der Waals surface area contributed by atoms with Gasteiger partial charge in [-0.3, -0.25) is 4.79 Å². The van der Waals surface area contributed by atoms with Crippen molar-refractivity contribution >= 4 is 5.97 Å². The van der Waals surface area contributed by atoms with Gasteiger partial charge < -0.3 is 5.11 Å². The summed E-state index contributed by atoms with van der Waals surface area (Å²) in [5, 5.41) is 8.35. The van der Waals surface area contributed by atoms with Gasteiger partial charge in [0.05, 0.1) is 6.42 Å². The van der Waals surface area contributed by atoms with E-state index in [-0.39, 0.29) is 6.42 Å². The average Bonchev–Trinajstić information content (AvgIpc) is 2.00. The molecular formula is C10H18O2. The molecule has 0 amide bonds. The summed E-state index contributed by atoms with van der Waals surface area (Å²) in [6, 6.07) is 0. The number of allylic oxidation sites excluding steroid dienone is 1. The minimum atomic E-state index is -0.756. The fourth-order valence-corrected chi connectivity index (χ4v) is 1.02. The fraction of sp³-hybridized carbons (Fsp3) is 0.700. The molecule has 0 aliphatic rings. The summed E-state index contributed by atoms with van der Waals surface area (Å²) in [5.41, 5.74) is 0. The minimum absolute atomic E-state index is 0.149. The van der Waals surface area contributed by atoms with Crippen molar-refractivity contribution < 1.29 is 9.90 Å². The maximum Gasteiger partial charge on any atom is 0.307 e. The molecule has 2 heteroatoms. The third-order valence-corrected chi connectivity index (χ3v) is 1.77. The Hall–Kier alpha value is -0.790. The second-order valence-electron chi connectivity index (χ2n) is 3.15. The Morgan fingerprint density at radius 2 is 2.25 bits per heavy atom. The molecule has 0 aromatic carbocycles. The van der Waals surface area contributed by atoms with Crippen LogP contribution < -0.4 is 0 Å². The summed E-state index contributed by atoms with van der Waals surface area (Å²) in [7, 11) is 0. The van der Waals surface area contributed by atoms with Gasteiger partial charge in [-0.2, -0.15) is 0 Å². The number of hydrogen-bond acceptors (Lipinski definition) is 1. The van der Waals surface area contributed by atoms with E-state index in [0.29, 0.717) is 5.92 Å². The van der Waals surface area contributed by atoms with Gasteiger partial charge in [-0.1, -0.05) is 38.8 Å². The van der Waals surface area contributed by atoms with E-state index < -0.39 is 5.97 Å². The minimum Gasteiger partial charge on any atom is -0.481 e. The standard InChI is InChI=1S/C10H18O2/c1-3-4-6-9(2)7-5-8-10(11)12/h5,7,9H,3-4,6,8H2,1-2H3,(H,11,12)/t9-/m1/s1. The summed E-state index contributed by atoms with van der Waals surface area (Å²) in [6.45, 7) is 4.28. The lowest BCUT2D eigenvalue weighted by atomic mass is 10.0. The molecule has 0 fully saturated rings. The number of unbranched alkanes of at least 4 members (excludes halogenated alkanes) is 1. The van der Waals surface area contributed by atoms with Crippen molar-refractivity contribution in [1.82, 2.24) is 0 Å². The van der Waals surface area contributed by atoms with Crippen molar-refractivity contribution in [2.75, 3.05) is 0 Å². The van der Waals surface area contributed by atoms with Crippen LogP contribution in [0.25, 0.3) is 0 Å². The van der Waals surface area contributed by atoms with Gasteiger partial charge in [-0.05, 0) is 12.3 Å². The Morgan fingerprint density at radius 3 is 2.75 bits per heavy atom. The molecule has 0 unspecified atom stereocenters. The van der Waals surface area contributed by atoms with E-state index in [1.165, 1.54) is 12.8 Å². The zero-order valence-corrected chi connectivity index (χ0v) is 7.92. The van der Waals surface area contributed by atoms with Crippen LogP contribution in [0, 0.1) is 5.92 Å². The van der Waals surface area contributed by atoms with E-state index in [0.717, 1.165) is 6.42 Å². The van der Waals surface area contributed by atoms with E-state index >= 15 is 0 Å². The van der Waals surface area contributed by atoms with Crippen molar-refractivity contribution in [2.24, 2.45) is 5.92 Å². The van der Waals surface area contributed by atoms with E-state index in [1.807, 2.05) is 6.08 Å². The number of carbonyl (C=O) groups is 1. The van der Waals surface area contributed by atoms with Crippen LogP contribution >= 0.6 is 0 Å². The summed E-state index contributed by atoms with van der Waals surface area (Å²) in [6.07, 6.45) is 7.46. The second kappa shape index (κ2) is 6.89. The molecule has 0 spiro atoms. The molecule has 70 valence electrons. The van der Waals surface area contributed by atoms with Gasteiger partial charge in [0, 0.05) is 0 Å². The molecule has 0 bridgehead atoms. The van der Waals surface area contributed by atoms with E-state index in [2.05, 4.69) is 13.8 Å². The first-order valence-electron chi connectivity index (χ1n) is 4.55. The summed E-state index contributed by atoms with van der Waals surface area (Å²) >= 11 is 0. The van der Waals surface area contributed by atoms with Gasteiger partial charge >= 0.3 is 5.97 Å². The number of hydrogen-bond donors (Lipinski definition) is 1. The molecule has 0 saturated carbocycles. The zero-order chi connectivity index (χ0) is 9.40. The van der Waals surface area contributed by atoms with Crippen LogP contribution in [0.15, 0.2) is 12.2 Å². The number of carboxylic acids is 1. The molecule has 0 aliphatic heterocycles. The first-order valence-corrected chi connectivity index (χ1v) is 4.55. The molecule has 0 radical (unpaired) electrons. The molecule has 0 aliphatic carbocycles. The van der Waals surface area contributed by atoms with Crippen LogP contribution in [0.1, 0.15) is 39.5 Å². The van der Waals surface area contributed by atoms with Crippen molar-refractivity contribution in [3.8, 4) is 0 Å². The number of aliphatic carboxylic acids is 1. The van der Waals surface area contributed by atoms with Crippen LogP contribution in [0.2, 0.25) is 0 Å². The fourth-order valence-electron chi connectivity index (χ4n) is 1.02. The predicted molar refractivity (Wildman–Crippen MR) is 50.1 cm³/mol. The van der Waals surface area contributed by atoms with E-state index in [1.54, 1.807) is 6.08 Å². The lowest BCUT2D eigenvalue weighted by Crippen LogP contribution is -1.92. The third kappa shape index (κ3) is 7.32. The monoisotopic (exact) mass is 170 g/mol. The highest BCUT2D eigenvalue weighted by Crippen LogP contribution is 2.08. The van der Waals surface area contributed by atoms with Crippen LogP contribution in [0.3, 0.4) is 0 Å². The highest BCUT2D eigenvalue weighted by molar-refractivity contribution is 5.68. The predicted octanol–water partition coefficient (Wildman–Crippen LogP) is 2.84. The molecule has 0 aromatic rings. The van der Waals surface area contributed by atoms with Crippen molar-refractivity contribution in [3.63, 3.8) is 0 Å². The lowest BCUT2D eigenvalue weighted by Gasteiger charge is -2.02. The van der Waals surface area contributed by atoms with Gasteiger partial charge in [-0.25, -0.2) is 0 Å². The second-order valence-corrected chi connectivity index (χ2v) is 3.15.